The van der Waals surface area contributed by atoms with Crippen molar-refractivity contribution in [3.8, 4) is 67.3 Å². The summed E-state index contributed by atoms with van der Waals surface area (Å²) in [6.45, 7) is 4.73. The average Bonchev–Trinajstić information content (AvgIpc) is 3.49. The van der Waals surface area contributed by atoms with Crippen LogP contribution in [0.4, 0.5) is 0 Å². The van der Waals surface area contributed by atoms with Gasteiger partial charge in [0.1, 0.15) is 0 Å². The average molecular weight is 727 g/mol. The van der Waals surface area contributed by atoms with E-state index in [1.54, 1.807) is 0 Å². The summed E-state index contributed by atoms with van der Waals surface area (Å²) in [6.07, 6.45) is 0. The fourth-order valence-electron chi connectivity index (χ4n) is 9.20. The lowest BCUT2D eigenvalue weighted by molar-refractivity contribution is 0.661. The van der Waals surface area contributed by atoms with Crippen molar-refractivity contribution >= 4 is 32.3 Å². The largest absolute Gasteiger partial charge is 0.228 e. The van der Waals surface area contributed by atoms with E-state index in [1.807, 2.05) is 0 Å². The summed E-state index contributed by atoms with van der Waals surface area (Å²) in [4.78, 5) is 10.7. The monoisotopic (exact) mass is 726 g/mol. The van der Waals surface area contributed by atoms with Crippen LogP contribution in [-0.2, 0) is 5.41 Å². The van der Waals surface area contributed by atoms with Gasteiger partial charge in [0.25, 0.3) is 0 Å². The number of hydrogen-bond acceptors (Lipinski definition) is 2. The SMILES string of the molecule is CC1(C)c2cc(-c3ccc(-c4nc(-c5ccccc5)cc(-c5ccccc5-c5cccc6ccccc56)n4)c4ccccc34)ccc2-c2cc3ccccc3cc21. The van der Waals surface area contributed by atoms with Gasteiger partial charge in [-0.1, -0.05) is 178 Å². The van der Waals surface area contributed by atoms with Crippen LogP contribution in [0.1, 0.15) is 25.0 Å². The third kappa shape index (κ3) is 5.40. The number of fused-ring (bicyclic) bond motifs is 6. The third-order valence-corrected chi connectivity index (χ3v) is 12.1. The Balaban J connectivity index is 1.08. The van der Waals surface area contributed by atoms with Crippen LogP contribution in [-0.4, -0.2) is 9.97 Å². The Morgan fingerprint density at radius 3 is 1.68 bits per heavy atom. The summed E-state index contributed by atoms with van der Waals surface area (Å²) >= 11 is 0. The summed E-state index contributed by atoms with van der Waals surface area (Å²) in [7, 11) is 0. The molecule has 268 valence electrons. The summed E-state index contributed by atoms with van der Waals surface area (Å²) in [6, 6.07) is 70.1. The van der Waals surface area contributed by atoms with Crippen LogP contribution in [0.25, 0.3) is 99.6 Å². The molecule has 0 saturated carbocycles. The molecule has 0 fully saturated rings. The maximum atomic E-state index is 5.42. The van der Waals surface area contributed by atoms with Gasteiger partial charge in [0.05, 0.1) is 11.4 Å². The van der Waals surface area contributed by atoms with Gasteiger partial charge >= 0.3 is 0 Å². The molecule has 0 aliphatic heterocycles. The highest BCUT2D eigenvalue weighted by molar-refractivity contribution is 6.05. The Hall–Kier alpha value is -7.16. The van der Waals surface area contributed by atoms with Gasteiger partial charge in [-0.2, -0.15) is 0 Å². The van der Waals surface area contributed by atoms with Crippen molar-refractivity contribution in [2.24, 2.45) is 0 Å². The van der Waals surface area contributed by atoms with Crippen molar-refractivity contribution in [1.29, 1.82) is 0 Å². The molecule has 0 unspecified atom stereocenters. The lowest BCUT2D eigenvalue weighted by Crippen LogP contribution is -2.15. The molecule has 1 aliphatic carbocycles. The van der Waals surface area contributed by atoms with E-state index in [2.05, 4.69) is 208 Å². The predicted octanol–water partition coefficient (Wildman–Crippen LogP) is 14.6. The van der Waals surface area contributed by atoms with E-state index in [9.17, 15) is 0 Å². The zero-order valence-electron chi connectivity index (χ0n) is 31.9. The molecule has 1 aliphatic rings. The van der Waals surface area contributed by atoms with Gasteiger partial charge < -0.3 is 0 Å². The Kier molecular flexibility index (Phi) is 7.55. The van der Waals surface area contributed by atoms with E-state index in [0.29, 0.717) is 5.82 Å². The zero-order valence-corrected chi connectivity index (χ0v) is 31.9. The van der Waals surface area contributed by atoms with Gasteiger partial charge in [0.15, 0.2) is 5.82 Å². The minimum absolute atomic E-state index is 0.120. The van der Waals surface area contributed by atoms with Gasteiger partial charge in [-0.05, 0) is 107 Å². The first kappa shape index (κ1) is 33.2. The molecule has 0 saturated heterocycles. The van der Waals surface area contributed by atoms with E-state index < -0.39 is 0 Å². The van der Waals surface area contributed by atoms with E-state index in [1.165, 1.54) is 65.9 Å². The highest BCUT2D eigenvalue weighted by Crippen LogP contribution is 2.51. The predicted molar refractivity (Wildman–Crippen MR) is 239 cm³/mol. The van der Waals surface area contributed by atoms with Crippen LogP contribution in [0.15, 0.2) is 194 Å². The Morgan fingerprint density at radius 2 is 0.877 bits per heavy atom. The zero-order chi connectivity index (χ0) is 38.1. The molecule has 11 rings (SSSR count). The molecule has 2 nitrogen and oxygen atoms in total. The van der Waals surface area contributed by atoms with Crippen LogP contribution in [0, 0.1) is 0 Å². The molecule has 0 N–H and O–H groups in total. The maximum Gasteiger partial charge on any atom is 0.161 e. The first-order valence-corrected chi connectivity index (χ1v) is 19.7. The number of nitrogens with zero attached hydrogens (tertiary/aromatic N) is 2. The van der Waals surface area contributed by atoms with Crippen LogP contribution in [0.5, 0.6) is 0 Å². The van der Waals surface area contributed by atoms with Crippen molar-refractivity contribution < 1.29 is 0 Å². The molecule has 10 aromatic rings. The van der Waals surface area contributed by atoms with Gasteiger partial charge in [0.2, 0.25) is 0 Å². The van der Waals surface area contributed by atoms with Crippen LogP contribution >= 0.6 is 0 Å². The normalized spacial score (nSPS) is 12.9. The number of hydrogen-bond donors (Lipinski definition) is 0. The van der Waals surface area contributed by atoms with Crippen molar-refractivity contribution in [3.05, 3.63) is 205 Å². The number of rotatable bonds is 5. The van der Waals surface area contributed by atoms with E-state index in [0.717, 1.165) is 39.0 Å². The van der Waals surface area contributed by atoms with Crippen LogP contribution < -0.4 is 0 Å². The lowest BCUT2D eigenvalue weighted by atomic mass is 9.81. The molecule has 57 heavy (non-hydrogen) atoms. The Morgan fingerprint density at radius 1 is 0.316 bits per heavy atom. The minimum atomic E-state index is -0.120. The smallest absolute Gasteiger partial charge is 0.161 e. The minimum Gasteiger partial charge on any atom is -0.228 e. The highest BCUT2D eigenvalue weighted by atomic mass is 14.9. The molecule has 0 radical (unpaired) electrons. The van der Waals surface area contributed by atoms with Crippen LogP contribution in [0.3, 0.4) is 0 Å². The Labute approximate surface area is 332 Å². The lowest BCUT2D eigenvalue weighted by Gasteiger charge is -2.22. The standard InChI is InChI=1S/C55H38N2/c1-55(2)50-33-39(27-28-46(50)49-31-37-18-6-7-19-38(37)32-51(49)55)41-29-30-48(45-24-11-10-22-42(41)45)54-56-52(36-16-4-3-5-17-36)34-53(57-54)47-25-13-12-23-44(47)43-26-14-20-35-15-8-9-21-40(35)43/h3-34H,1-2H3. The van der Waals surface area contributed by atoms with Gasteiger partial charge in [0, 0.05) is 22.1 Å². The topological polar surface area (TPSA) is 25.8 Å². The van der Waals surface area contributed by atoms with Crippen molar-refractivity contribution in [2.45, 2.75) is 19.3 Å². The van der Waals surface area contributed by atoms with Gasteiger partial charge in [-0.3, -0.25) is 0 Å². The fraction of sp³-hybridized carbons (Fsp3) is 0.0545. The van der Waals surface area contributed by atoms with Crippen LogP contribution in [0.2, 0.25) is 0 Å². The molecule has 0 amide bonds. The summed E-state index contributed by atoms with van der Waals surface area (Å²) in [5.41, 5.74) is 15.0. The van der Waals surface area contributed by atoms with Crippen molar-refractivity contribution in [1.82, 2.24) is 9.97 Å². The molecule has 9 aromatic carbocycles. The second-order valence-corrected chi connectivity index (χ2v) is 15.7. The molecule has 2 heteroatoms. The fourth-order valence-corrected chi connectivity index (χ4v) is 9.20. The third-order valence-electron chi connectivity index (χ3n) is 12.1. The first-order valence-electron chi connectivity index (χ1n) is 19.7. The quantitative estimate of drug-likeness (QED) is 0.176. The summed E-state index contributed by atoms with van der Waals surface area (Å²) < 4.78 is 0. The van der Waals surface area contributed by atoms with E-state index in [4.69, 9.17) is 9.97 Å². The molecular formula is C55H38N2. The molecule has 0 bridgehead atoms. The molecule has 1 heterocycles. The van der Waals surface area contributed by atoms with Crippen molar-refractivity contribution in [3.63, 3.8) is 0 Å². The Bertz CT molecular complexity index is 3210. The van der Waals surface area contributed by atoms with E-state index in [-0.39, 0.29) is 5.41 Å². The summed E-state index contributed by atoms with van der Waals surface area (Å²) in [5, 5.41) is 7.32. The highest BCUT2D eigenvalue weighted by Gasteiger charge is 2.36. The van der Waals surface area contributed by atoms with Crippen molar-refractivity contribution in [2.75, 3.05) is 0 Å². The number of benzene rings is 9. The van der Waals surface area contributed by atoms with Gasteiger partial charge in [-0.15, -0.1) is 0 Å². The second kappa shape index (κ2) is 13.0. The molecule has 1 aromatic heterocycles. The number of aromatic nitrogens is 2. The van der Waals surface area contributed by atoms with Gasteiger partial charge in [-0.25, -0.2) is 9.97 Å². The first-order chi connectivity index (χ1) is 28.0. The maximum absolute atomic E-state index is 5.42. The molecular weight excluding hydrogens is 689 g/mol. The molecule has 0 atom stereocenters. The second-order valence-electron chi connectivity index (χ2n) is 15.7. The summed E-state index contributed by atoms with van der Waals surface area (Å²) in [5.74, 6) is 0.708. The molecule has 0 spiro atoms. The van der Waals surface area contributed by atoms with E-state index >= 15 is 0 Å².